The molecule has 0 atom stereocenters. The Kier molecular flexibility index (Phi) is 5.67. The largest absolute Gasteiger partial charge is 0.395 e. The molecule has 3 aromatic rings. The van der Waals surface area contributed by atoms with E-state index in [1.807, 2.05) is 41.2 Å². The topological polar surface area (TPSA) is 50.9 Å². The van der Waals surface area contributed by atoms with E-state index in [9.17, 15) is 0 Å². The van der Waals surface area contributed by atoms with Gasteiger partial charge in [0.2, 0.25) is 0 Å². The van der Waals surface area contributed by atoms with Crippen LogP contribution in [-0.4, -0.2) is 26.2 Å². The lowest BCUT2D eigenvalue weighted by Gasteiger charge is -2.01. The SMILES string of the molecule is C=CCc1nccn1CCO.c1ccc2ncccc2c1. The molecule has 0 aliphatic heterocycles. The fraction of sp³-hybridized carbons (Fsp3) is 0.176. The standard InChI is InChI=1S/C9H7N.C8H12N2O/c1-2-6-9-8(4-1)5-3-7-10-9;1-2-3-8-9-4-5-10(8)6-7-11/h1-7H;2,4-5,11H,1,3,6-7H2. The van der Waals surface area contributed by atoms with Gasteiger partial charge < -0.3 is 9.67 Å². The van der Waals surface area contributed by atoms with Gasteiger partial charge in [-0.2, -0.15) is 0 Å². The van der Waals surface area contributed by atoms with E-state index in [0.717, 1.165) is 17.8 Å². The second-order valence-electron chi connectivity index (χ2n) is 4.45. The van der Waals surface area contributed by atoms with E-state index in [0.29, 0.717) is 6.54 Å². The van der Waals surface area contributed by atoms with Crippen LogP contribution in [-0.2, 0) is 13.0 Å². The highest BCUT2D eigenvalue weighted by Gasteiger charge is 1.97. The predicted molar refractivity (Wildman–Crippen MR) is 85.0 cm³/mol. The zero-order valence-corrected chi connectivity index (χ0v) is 11.9. The number of aliphatic hydroxyl groups excluding tert-OH is 1. The van der Waals surface area contributed by atoms with Crippen molar-refractivity contribution in [2.75, 3.05) is 6.61 Å². The van der Waals surface area contributed by atoms with Crippen molar-refractivity contribution in [1.82, 2.24) is 14.5 Å². The number of rotatable bonds is 4. The molecule has 0 amide bonds. The summed E-state index contributed by atoms with van der Waals surface area (Å²) in [6.45, 7) is 4.39. The third kappa shape index (κ3) is 4.26. The molecule has 4 nitrogen and oxygen atoms in total. The Morgan fingerprint density at radius 2 is 1.90 bits per heavy atom. The third-order valence-corrected chi connectivity index (χ3v) is 2.98. The molecular weight excluding hydrogens is 262 g/mol. The van der Waals surface area contributed by atoms with Crippen molar-refractivity contribution in [2.24, 2.45) is 0 Å². The van der Waals surface area contributed by atoms with Crippen LogP contribution >= 0.6 is 0 Å². The van der Waals surface area contributed by atoms with Gasteiger partial charge in [-0.15, -0.1) is 6.58 Å². The van der Waals surface area contributed by atoms with E-state index in [1.165, 1.54) is 5.39 Å². The first kappa shape index (κ1) is 14.9. The number of imidazole rings is 1. The molecule has 0 bridgehead atoms. The summed E-state index contributed by atoms with van der Waals surface area (Å²) in [6.07, 6.45) is 7.95. The first-order valence-corrected chi connectivity index (χ1v) is 6.86. The molecule has 2 heterocycles. The van der Waals surface area contributed by atoms with Crippen LogP contribution in [0.15, 0.2) is 67.6 Å². The van der Waals surface area contributed by atoms with Crippen molar-refractivity contribution in [3.05, 3.63) is 73.5 Å². The quantitative estimate of drug-likeness (QED) is 0.748. The summed E-state index contributed by atoms with van der Waals surface area (Å²) >= 11 is 0. The summed E-state index contributed by atoms with van der Waals surface area (Å²) in [7, 11) is 0. The number of pyridine rings is 1. The Morgan fingerprint density at radius 1 is 1.10 bits per heavy atom. The molecule has 1 N–H and O–H groups in total. The van der Waals surface area contributed by atoms with E-state index >= 15 is 0 Å². The first-order valence-electron chi connectivity index (χ1n) is 6.86. The first-order chi connectivity index (χ1) is 10.3. The molecule has 108 valence electrons. The monoisotopic (exact) mass is 281 g/mol. The van der Waals surface area contributed by atoms with Crippen LogP contribution in [0.25, 0.3) is 10.9 Å². The molecule has 3 rings (SSSR count). The number of fused-ring (bicyclic) bond motifs is 1. The van der Waals surface area contributed by atoms with E-state index in [2.05, 4.69) is 28.7 Å². The van der Waals surface area contributed by atoms with Crippen LogP contribution in [0.5, 0.6) is 0 Å². The van der Waals surface area contributed by atoms with Crippen molar-refractivity contribution < 1.29 is 5.11 Å². The molecule has 2 aromatic heterocycles. The van der Waals surface area contributed by atoms with Gasteiger partial charge in [-0.05, 0) is 12.1 Å². The van der Waals surface area contributed by atoms with E-state index in [-0.39, 0.29) is 6.61 Å². The van der Waals surface area contributed by atoms with Gasteiger partial charge in [-0.1, -0.05) is 30.3 Å². The Balaban J connectivity index is 0.000000154. The lowest BCUT2D eigenvalue weighted by Crippen LogP contribution is -2.05. The number of para-hydroxylation sites is 1. The summed E-state index contributed by atoms with van der Waals surface area (Å²) in [5.41, 5.74) is 1.06. The molecule has 21 heavy (non-hydrogen) atoms. The van der Waals surface area contributed by atoms with Gasteiger partial charge in [0.25, 0.3) is 0 Å². The Labute approximate surface area is 124 Å². The minimum atomic E-state index is 0.153. The highest BCUT2D eigenvalue weighted by molar-refractivity contribution is 5.77. The highest BCUT2D eigenvalue weighted by atomic mass is 16.3. The maximum Gasteiger partial charge on any atom is 0.112 e. The van der Waals surface area contributed by atoms with Gasteiger partial charge in [0, 0.05) is 36.9 Å². The maximum atomic E-state index is 8.66. The zero-order chi connectivity index (χ0) is 14.9. The molecule has 0 aliphatic carbocycles. The van der Waals surface area contributed by atoms with Crippen LogP contribution in [0.2, 0.25) is 0 Å². The van der Waals surface area contributed by atoms with Crippen LogP contribution in [0.3, 0.4) is 0 Å². The summed E-state index contributed by atoms with van der Waals surface area (Å²) in [4.78, 5) is 8.29. The molecule has 0 saturated carbocycles. The molecule has 0 aliphatic rings. The highest BCUT2D eigenvalue weighted by Crippen LogP contribution is 2.07. The Morgan fingerprint density at radius 3 is 2.67 bits per heavy atom. The predicted octanol–water partition coefficient (Wildman–Crippen LogP) is 2.84. The van der Waals surface area contributed by atoms with E-state index in [4.69, 9.17) is 5.11 Å². The normalized spacial score (nSPS) is 9.95. The van der Waals surface area contributed by atoms with Crippen LogP contribution in [0.4, 0.5) is 0 Å². The fourth-order valence-corrected chi connectivity index (χ4v) is 1.99. The molecule has 4 heteroatoms. The summed E-state index contributed by atoms with van der Waals surface area (Å²) in [5.74, 6) is 0.953. The summed E-state index contributed by atoms with van der Waals surface area (Å²) in [5, 5.41) is 9.86. The number of allylic oxidation sites excluding steroid dienone is 1. The van der Waals surface area contributed by atoms with Crippen molar-refractivity contribution >= 4 is 10.9 Å². The summed E-state index contributed by atoms with van der Waals surface area (Å²) < 4.78 is 1.92. The minimum absolute atomic E-state index is 0.153. The lowest BCUT2D eigenvalue weighted by atomic mass is 10.2. The van der Waals surface area contributed by atoms with Crippen LogP contribution < -0.4 is 0 Å². The van der Waals surface area contributed by atoms with E-state index in [1.54, 1.807) is 12.3 Å². The molecule has 1 aromatic carbocycles. The number of hydrogen-bond donors (Lipinski definition) is 1. The van der Waals surface area contributed by atoms with Crippen molar-refractivity contribution in [3.8, 4) is 0 Å². The zero-order valence-electron chi connectivity index (χ0n) is 11.9. The average Bonchev–Trinajstić information content (AvgIpc) is 2.96. The number of hydrogen-bond acceptors (Lipinski definition) is 3. The second kappa shape index (κ2) is 7.97. The van der Waals surface area contributed by atoms with Gasteiger partial charge in [-0.3, -0.25) is 4.98 Å². The van der Waals surface area contributed by atoms with E-state index < -0.39 is 0 Å². The number of nitrogens with zero attached hydrogens (tertiary/aromatic N) is 3. The minimum Gasteiger partial charge on any atom is -0.395 e. The molecule has 0 spiro atoms. The molecule has 0 saturated heterocycles. The number of benzene rings is 1. The van der Waals surface area contributed by atoms with Crippen molar-refractivity contribution in [3.63, 3.8) is 0 Å². The lowest BCUT2D eigenvalue weighted by molar-refractivity contribution is 0.274. The second-order valence-corrected chi connectivity index (χ2v) is 4.45. The third-order valence-electron chi connectivity index (χ3n) is 2.98. The van der Waals surface area contributed by atoms with Crippen LogP contribution in [0, 0.1) is 0 Å². The van der Waals surface area contributed by atoms with Gasteiger partial charge in [0.15, 0.2) is 0 Å². The maximum absolute atomic E-state index is 8.66. The molecule has 0 fully saturated rings. The Bertz CT molecular complexity index is 626. The average molecular weight is 281 g/mol. The van der Waals surface area contributed by atoms with Crippen molar-refractivity contribution in [2.45, 2.75) is 13.0 Å². The van der Waals surface area contributed by atoms with Crippen LogP contribution in [0.1, 0.15) is 5.82 Å². The van der Waals surface area contributed by atoms with Crippen molar-refractivity contribution in [1.29, 1.82) is 0 Å². The smallest absolute Gasteiger partial charge is 0.112 e. The Hall–Kier alpha value is -2.46. The van der Waals surface area contributed by atoms with Gasteiger partial charge in [-0.25, -0.2) is 4.98 Å². The molecule has 0 unspecified atom stereocenters. The molecular formula is C17H19N3O. The summed E-state index contributed by atoms with van der Waals surface area (Å²) in [6, 6.07) is 12.1. The molecule has 0 radical (unpaired) electrons. The van der Waals surface area contributed by atoms with Gasteiger partial charge in [0.1, 0.15) is 5.82 Å². The number of aliphatic hydroxyl groups is 1. The number of aromatic nitrogens is 3. The fourth-order valence-electron chi connectivity index (χ4n) is 1.99. The van der Waals surface area contributed by atoms with Gasteiger partial charge in [0.05, 0.1) is 12.1 Å². The van der Waals surface area contributed by atoms with Gasteiger partial charge >= 0.3 is 0 Å².